The summed E-state index contributed by atoms with van der Waals surface area (Å²) in [5.74, 6) is -0.878. The average Bonchev–Trinajstić information content (AvgIpc) is 3.04. The molecular weight excluding hydrogens is 353 g/mol. The van der Waals surface area contributed by atoms with Crippen molar-refractivity contribution in [3.05, 3.63) is 45.8 Å². The molecule has 1 aliphatic heterocycles. The summed E-state index contributed by atoms with van der Waals surface area (Å²) >= 11 is 0. The van der Waals surface area contributed by atoms with Crippen LogP contribution in [-0.4, -0.2) is 25.1 Å². The van der Waals surface area contributed by atoms with Crippen LogP contribution < -0.4 is 0 Å². The maximum atomic E-state index is 13.0. The summed E-state index contributed by atoms with van der Waals surface area (Å²) in [6.45, 7) is 3.68. The molecule has 1 heterocycles. The van der Waals surface area contributed by atoms with Gasteiger partial charge in [-0.05, 0) is 49.5 Å². The minimum Gasteiger partial charge on any atom is -0.469 e. The highest BCUT2D eigenvalue weighted by molar-refractivity contribution is 6.01. The van der Waals surface area contributed by atoms with Gasteiger partial charge < -0.3 is 9.47 Å². The Morgan fingerprint density at radius 2 is 2.15 bits per heavy atom. The first-order valence-electron chi connectivity index (χ1n) is 8.37. The maximum absolute atomic E-state index is 13.0. The number of nitrogens with zero attached hydrogens (tertiary/aromatic N) is 1. The largest absolute Gasteiger partial charge is 0.469 e. The van der Waals surface area contributed by atoms with Crippen molar-refractivity contribution >= 4 is 29.8 Å². The molecule has 2 rings (SSSR count). The Morgan fingerprint density at radius 3 is 2.78 bits per heavy atom. The third-order valence-corrected chi connectivity index (χ3v) is 4.55. The van der Waals surface area contributed by atoms with Gasteiger partial charge in [0.25, 0.3) is 0 Å². The van der Waals surface area contributed by atoms with Crippen molar-refractivity contribution in [3.63, 3.8) is 0 Å². The van der Waals surface area contributed by atoms with E-state index in [1.54, 1.807) is 6.92 Å². The summed E-state index contributed by atoms with van der Waals surface area (Å²) in [6.07, 6.45) is 6.03. The van der Waals surface area contributed by atoms with Gasteiger partial charge in [0.2, 0.25) is 6.08 Å². The van der Waals surface area contributed by atoms with Crippen LogP contribution in [-0.2, 0) is 32.1 Å². The van der Waals surface area contributed by atoms with E-state index in [4.69, 9.17) is 4.74 Å². The molecule has 0 amide bonds. The average molecular weight is 373 g/mol. The van der Waals surface area contributed by atoms with E-state index in [-0.39, 0.29) is 30.2 Å². The predicted molar refractivity (Wildman–Crippen MR) is 96.9 cm³/mol. The number of aliphatic imine (C=N–C) groups is 1. The standard InChI is InChI=1S/C20H20FNO5/c1-12(5-7-17(24)26-3)4-6-15-14(8-9-21)13(2)16-10-27-20(25)18(16)19(15)22-11-23/h4,8-9H,5-7,10H2,1-3H3/b9-8?,12-4+. The molecule has 7 heteroatoms. The van der Waals surface area contributed by atoms with Gasteiger partial charge in [-0.15, -0.1) is 0 Å². The Labute approximate surface area is 156 Å². The Morgan fingerprint density at radius 1 is 1.41 bits per heavy atom. The number of carbonyl (C=O) groups excluding carboxylic acids is 3. The molecule has 0 spiro atoms. The molecule has 0 N–H and O–H groups in total. The summed E-state index contributed by atoms with van der Waals surface area (Å²) < 4.78 is 22.7. The SMILES string of the molecule is COC(=O)CC/C(C)=C/Cc1c(C=CF)c(C)c2c(c1N=C=O)C(=O)OC2. The minimum absolute atomic E-state index is 0.0583. The lowest BCUT2D eigenvalue weighted by Crippen LogP contribution is -2.03. The molecule has 1 aliphatic rings. The lowest BCUT2D eigenvalue weighted by molar-refractivity contribution is -0.140. The number of halogens is 1. The number of carbonyl (C=O) groups is 2. The molecule has 142 valence electrons. The van der Waals surface area contributed by atoms with Crippen LogP contribution in [0.5, 0.6) is 0 Å². The van der Waals surface area contributed by atoms with Crippen LogP contribution in [0.3, 0.4) is 0 Å². The lowest BCUT2D eigenvalue weighted by Gasteiger charge is -2.15. The molecule has 1 aromatic rings. The van der Waals surface area contributed by atoms with Crippen molar-refractivity contribution in [3.8, 4) is 0 Å². The molecule has 27 heavy (non-hydrogen) atoms. The highest BCUT2D eigenvalue weighted by Gasteiger charge is 2.30. The van der Waals surface area contributed by atoms with Gasteiger partial charge >= 0.3 is 11.9 Å². The van der Waals surface area contributed by atoms with Crippen LogP contribution in [0.15, 0.2) is 23.0 Å². The summed E-state index contributed by atoms with van der Waals surface area (Å²) in [7, 11) is 1.33. The van der Waals surface area contributed by atoms with E-state index in [2.05, 4.69) is 9.73 Å². The van der Waals surface area contributed by atoms with Crippen molar-refractivity contribution in [2.45, 2.75) is 39.7 Å². The van der Waals surface area contributed by atoms with E-state index < -0.39 is 5.97 Å². The fourth-order valence-corrected chi connectivity index (χ4v) is 3.05. The minimum atomic E-state index is -0.564. The van der Waals surface area contributed by atoms with Crippen molar-refractivity contribution in [2.75, 3.05) is 7.11 Å². The van der Waals surface area contributed by atoms with E-state index in [0.717, 1.165) is 5.57 Å². The van der Waals surface area contributed by atoms with Crippen molar-refractivity contribution in [1.82, 2.24) is 0 Å². The van der Waals surface area contributed by atoms with E-state index >= 15 is 0 Å². The number of hydrogen-bond acceptors (Lipinski definition) is 6. The molecule has 0 bridgehead atoms. The molecule has 0 aromatic heterocycles. The molecular formula is C20H20FNO5. The number of methoxy groups -OCH3 is 1. The second kappa shape index (κ2) is 9.05. The second-order valence-corrected chi connectivity index (χ2v) is 6.12. The fourth-order valence-electron chi connectivity index (χ4n) is 3.05. The zero-order valence-electron chi connectivity index (χ0n) is 15.4. The number of hydrogen-bond donors (Lipinski definition) is 0. The molecule has 0 radical (unpaired) electrons. The highest BCUT2D eigenvalue weighted by Crippen LogP contribution is 2.39. The number of ether oxygens (including phenoxy) is 2. The Kier molecular flexibility index (Phi) is 6.79. The zero-order chi connectivity index (χ0) is 20.0. The van der Waals surface area contributed by atoms with Crippen LogP contribution in [0.25, 0.3) is 6.08 Å². The van der Waals surface area contributed by atoms with E-state index in [0.29, 0.717) is 41.4 Å². The summed E-state index contributed by atoms with van der Waals surface area (Å²) in [6, 6.07) is 0. The van der Waals surface area contributed by atoms with Crippen molar-refractivity contribution in [2.24, 2.45) is 4.99 Å². The number of cyclic esters (lactones) is 1. The van der Waals surface area contributed by atoms with Gasteiger partial charge in [-0.25, -0.2) is 14.0 Å². The van der Waals surface area contributed by atoms with Gasteiger partial charge in [-0.1, -0.05) is 11.6 Å². The third kappa shape index (κ3) is 4.38. The van der Waals surface area contributed by atoms with Gasteiger partial charge in [0.1, 0.15) is 6.61 Å². The summed E-state index contributed by atoms with van der Waals surface area (Å²) in [5, 5.41) is 0. The van der Waals surface area contributed by atoms with Crippen molar-refractivity contribution < 1.29 is 28.2 Å². The van der Waals surface area contributed by atoms with Crippen LogP contribution in [0, 0.1) is 6.92 Å². The van der Waals surface area contributed by atoms with Crippen LogP contribution in [0.2, 0.25) is 0 Å². The Hall–Kier alpha value is -3.05. The van der Waals surface area contributed by atoms with Gasteiger partial charge in [0, 0.05) is 12.0 Å². The number of esters is 2. The number of isocyanates is 1. The lowest BCUT2D eigenvalue weighted by atomic mass is 9.89. The fraction of sp³-hybridized carbons (Fsp3) is 0.350. The first-order chi connectivity index (χ1) is 12.9. The number of allylic oxidation sites excluding steroid dienone is 2. The van der Waals surface area contributed by atoms with Gasteiger partial charge in [-0.2, -0.15) is 4.99 Å². The summed E-state index contributed by atoms with van der Waals surface area (Å²) in [5.41, 5.74) is 3.65. The van der Waals surface area contributed by atoms with E-state index in [1.165, 1.54) is 19.3 Å². The molecule has 6 nitrogen and oxygen atoms in total. The monoisotopic (exact) mass is 373 g/mol. The second-order valence-electron chi connectivity index (χ2n) is 6.12. The molecule has 1 aromatic carbocycles. The van der Waals surface area contributed by atoms with E-state index in [9.17, 15) is 18.8 Å². The van der Waals surface area contributed by atoms with Crippen LogP contribution in [0.4, 0.5) is 10.1 Å². The first-order valence-corrected chi connectivity index (χ1v) is 8.37. The van der Waals surface area contributed by atoms with E-state index in [1.807, 2.05) is 13.0 Å². The maximum Gasteiger partial charge on any atom is 0.341 e. The molecule has 0 atom stereocenters. The van der Waals surface area contributed by atoms with Gasteiger partial charge in [0.15, 0.2) is 0 Å². The highest BCUT2D eigenvalue weighted by atomic mass is 19.1. The normalized spacial score (nSPS) is 13.3. The molecule has 0 unspecified atom stereocenters. The molecule has 0 aliphatic carbocycles. The third-order valence-electron chi connectivity index (χ3n) is 4.55. The van der Waals surface area contributed by atoms with Crippen LogP contribution >= 0.6 is 0 Å². The summed E-state index contributed by atoms with van der Waals surface area (Å²) in [4.78, 5) is 38.0. The Bertz CT molecular complexity index is 879. The number of rotatable bonds is 7. The van der Waals surface area contributed by atoms with Gasteiger partial charge in [0.05, 0.1) is 24.7 Å². The topological polar surface area (TPSA) is 82.0 Å². The zero-order valence-corrected chi connectivity index (χ0v) is 15.4. The van der Waals surface area contributed by atoms with Gasteiger partial charge in [-0.3, -0.25) is 4.79 Å². The number of benzene rings is 1. The Balaban J connectivity index is 2.52. The molecule has 0 saturated carbocycles. The molecule has 0 saturated heterocycles. The quantitative estimate of drug-likeness (QED) is 0.312. The first kappa shape index (κ1) is 20.3. The predicted octanol–water partition coefficient (Wildman–Crippen LogP) is 4.01. The van der Waals surface area contributed by atoms with Crippen LogP contribution in [0.1, 0.15) is 52.4 Å². The molecule has 0 fully saturated rings. The van der Waals surface area contributed by atoms with Crippen molar-refractivity contribution in [1.29, 1.82) is 0 Å². The smallest absolute Gasteiger partial charge is 0.341 e. The number of fused-ring (bicyclic) bond motifs is 1.